The quantitative estimate of drug-likeness (QED) is 0.482. The maximum absolute atomic E-state index is 5.80. The first-order valence-corrected chi connectivity index (χ1v) is 10.2. The number of hydrazine groups is 1. The highest BCUT2D eigenvalue weighted by Gasteiger charge is 2.60. The number of hydrogen-bond acceptors (Lipinski definition) is 3. The van der Waals surface area contributed by atoms with Crippen molar-refractivity contribution in [2.75, 3.05) is 6.67 Å². The minimum absolute atomic E-state index is 0.125. The van der Waals surface area contributed by atoms with Crippen molar-refractivity contribution < 1.29 is 0 Å². The molecule has 1 fully saturated rings. The van der Waals surface area contributed by atoms with Crippen molar-refractivity contribution >= 4 is 5.57 Å². The van der Waals surface area contributed by atoms with Gasteiger partial charge in [0.1, 0.15) is 0 Å². The molecule has 26 heavy (non-hydrogen) atoms. The molecule has 4 aliphatic rings. The molecule has 0 amide bonds. The Bertz CT molecular complexity index is 805. The van der Waals surface area contributed by atoms with E-state index < -0.39 is 0 Å². The summed E-state index contributed by atoms with van der Waals surface area (Å²) >= 11 is 0. The minimum Gasteiger partial charge on any atom is -0.282 e. The SMILES string of the molecule is CC1(C)C2=C(CCC3C2C2(C)C=CCCC2N3CNN)c2ccccc21. The van der Waals surface area contributed by atoms with E-state index in [4.69, 9.17) is 5.84 Å². The van der Waals surface area contributed by atoms with E-state index >= 15 is 0 Å². The fourth-order valence-electron chi connectivity index (χ4n) is 6.95. The molecule has 0 radical (unpaired) electrons. The summed E-state index contributed by atoms with van der Waals surface area (Å²) in [4.78, 5) is 2.69. The Kier molecular flexibility index (Phi) is 3.57. The number of benzene rings is 1. The summed E-state index contributed by atoms with van der Waals surface area (Å²) < 4.78 is 0. The van der Waals surface area contributed by atoms with Gasteiger partial charge in [0.2, 0.25) is 0 Å². The Labute approximate surface area is 157 Å². The first-order chi connectivity index (χ1) is 12.5. The Morgan fingerprint density at radius 1 is 1.19 bits per heavy atom. The first kappa shape index (κ1) is 16.7. The Balaban J connectivity index is 1.70. The van der Waals surface area contributed by atoms with Crippen molar-refractivity contribution in [3.05, 3.63) is 53.1 Å². The van der Waals surface area contributed by atoms with Crippen LogP contribution in [0.2, 0.25) is 0 Å². The van der Waals surface area contributed by atoms with Crippen LogP contribution in [0, 0.1) is 11.3 Å². The lowest BCUT2D eigenvalue weighted by molar-refractivity contribution is 0.137. The molecule has 3 N–H and O–H groups in total. The van der Waals surface area contributed by atoms with Gasteiger partial charge in [-0.3, -0.25) is 10.7 Å². The Morgan fingerprint density at radius 3 is 2.81 bits per heavy atom. The van der Waals surface area contributed by atoms with Gasteiger partial charge in [0.15, 0.2) is 0 Å². The lowest BCUT2D eigenvalue weighted by atomic mass is 9.59. The van der Waals surface area contributed by atoms with Gasteiger partial charge in [-0.15, -0.1) is 0 Å². The lowest BCUT2D eigenvalue weighted by Gasteiger charge is -2.43. The second-order valence-electron chi connectivity index (χ2n) is 9.38. The van der Waals surface area contributed by atoms with Gasteiger partial charge in [-0.05, 0) is 42.4 Å². The van der Waals surface area contributed by atoms with Crippen LogP contribution < -0.4 is 11.3 Å². The van der Waals surface area contributed by atoms with Gasteiger partial charge in [-0.2, -0.15) is 0 Å². The third-order valence-corrected chi connectivity index (χ3v) is 7.88. The Morgan fingerprint density at radius 2 is 2.00 bits per heavy atom. The van der Waals surface area contributed by atoms with E-state index in [1.807, 2.05) is 0 Å². The molecule has 138 valence electrons. The molecular formula is C23H31N3. The lowest BCUT2D eigenvalue weighted by Crippen LogP contribution is -2.47. The van der Waals surface area contributed by atoms with Crippen molar-refractivity contribution in [1.82, 2.24) is 10.3 Å². The third-order valence-electron chi connectivity index (χ3n) is 7.88. The highest BCUT2D eigenvalue weighted by atomic mass is 15.4. The van der Waals surface area contributed by atoms with Crippen molar-refractivity contribution in [1.29, 1.82) is 0 Å². The molecule has 5 rings (SSSR count). The molecule has 3 nitrogen and oxygen atoms in total. The van der Waals surface area contributed by atoms with Crippen LogP contribution in [0.5, 0.6) is 0 Å². The first-order valence-electron chi connectivity index (χ1n) is 10.2. The molecule has 0 aromatic heterocycles. The van der Waals surface area contributed by atoms with Gasteiger partial charge in [0, 0.05) is 28.8 Å². The van der Waals surface area contributed by atoms with Crippen LogP contribution in [0.4, 0.5) is 0 Å². The molecule has 1 aromatic rings. The smallest absolute Gasteiger partial charge is 0.0617 e. The Hall–Kier alpha value is -1.42. The van der Waals surface area contributed by atoms with Crippen LogP contribution in [0.1, 0.15) is 57.6 Å². The summed E-state index contributed by atoms with van der Waals surface area (Å²) in [5, 5.41) is 0. The van der Waals surface area contributed by atoms with E-state index in [2.05, 4.69) is 67.5 Å². The van der Waals surface area contributed by atoms with Crippen LogP contribution in [0.25, 0.3) is 5.57 Å². The van der Waals surface area contributed by atoms with E-state index in [1.165, 1.54) is 36.8 Å². The number of rotatable bonds is 2. The van der Waals surface area contributed by atoms with Crippen LogP contribution in [0.3, 0.4) is 0 Å². The molecule has 0 spiro atoms. The molecule has 1 aliphatic heterocycles. The second kappa shape index (κ2) is 5.54. The summed E-state index contributed by atoms with van der Waals surface area (Å²) in [6, 6.07) is 10.3. The van der Waals surface area contributed by atoms with Gasteiger partial charge in [-0.25, -0.2) is 5.43 Å². The van der Waals surface area contributed by atoms with Crippen LogP contribution in [-0.2, 0) is 5.41 Å². The molecule has 3 heteroatoms. The predicted molar refractivity (Wildman–Crippen MR) is 107 cm³/mol. The van der Waals surface area contributed by atoms with Gasteiger partial charge in [0.05, 0.1) is 6.67 Å². The van der Waals surface area contributed by atoms with Gasteiger partial charge in [0.25, 0.3) is 0 Å². The highest BCUT2D eigenvalue weighted by molar-refractivity contribution is 5.82. The van der Waals surface area contributed by atoms with E-state index in [0.717, 1.165) is 6.67 Å². The number of nitrogens with one attached hydrogen (secondary N) is 1. The monoisotopic (exact) mass is 349 g/mol. The minimum atomic E-state index is 0.125. The molecule has 1 saturated heterocycles. The van der Waals surface area contributed by atoms with Gasteiger partial charge < -0.3 is 0 Å². The predicted octanol–water partition coefficient (Wildman–Crippen LogP) is 3.97. The molecule has 1 aromatic carbocycles. The zero-order valence-electron chi connectivity index (χ0n) is 16.3. The van der Waals surface area contributed by atoms with E-state index in [-0.39, 0.29) is 10.8 Å². The largest absolute Gasteiger partial charge is 0.282 e. The molecule has 4 atom stereocenters. The third kappa shape index (κ3) is 1.94. The number of hydrogen-bond donors (Lipinski definition) is 2. The van der Waals surface area contributed by atoms with Crippen molar-refractivity contribution in [2.24, 2.45) is 17.2 Å². The number of fused-ring (bicyclic) bond motifs is 6. The van der Waals surface area contributed by atoms with Crippen molar-refractivity contribution in [2.45, 2.75) is 64.0 Å². The maximum Gasteiger partial charge on any atom is 0.0617 e. The molecule has 1 heterocycles. The van der Waals surface area contributed by atoms with E-state index in [0.29, 0.717) is 18.0 Å². The molecular weight excluding hydrogens is 318 g/mol. The number of allylic oxidation sites excluding steroid dienone is 2. The standard InChI is InChI=1S/C23H31N3/c1-22(2)17-9-5-4-8-15(17)16-11-12-18-21(20(16)22)23(3)13-7-6-10-19(23)26(18)14-25-24/h4-5,7-9,13,18-19,21,25H,6,10-12,14,24H2,1-3H3. The molecule has 3 aliphatic carbocycles. The zero-order valence-corrected chi connectivity index (χ0v) is 16.3. The normalized spacial score (nSPS) is 37.3. The second-order valence-corrected chi connectivity index (χ2v) is 9.38. The van der Waals surface area contributed by atoms with E-state index in [1.54, 1.807) is 11.1 Å². The zero-order chi connectivity index (χ0) is 18.1. The molecule has 0 saturated carbocycles. The molecule has 4 unspecified atom stereocenters. The number of nitrogens with two attached hydrogens (primary N) is 1. The van der Waals surface area contributed by atoms with Crippen LogP contribution in [-0.4, -0.2) is 23.7 Å². The summed E-state index contributed by atoms with van der Waals surface area (Å²) in [7, 11) is 0. The summed E-state index contributed by atoms with van der Waals surface area (Å²) in [5.74, 6) is 6.39. The van der Waals surface area contributed by atoms with Gasteiger partial charge in [-0.1, -0.05) is 62.8 Å². The fourth-order valence-corrected chi connectivity index (χ4v) is 6.95. The van der Waals surface area contributed by atoms with Crippen LogP contribution >= 0.6 is 0 Å². The average molecular weight is 350 g/mol. The average Bonchev–Trinajstić information content (AvgIpc) is 3.03. The highest BCUT2D eigenvalue weighted by Crippen LogP contribution is 2.63. The summed E-state index contributed by atoms with van der Waals surface area (Å²) in [6.07, 6.45) is 9.86. The maximum atomic E-state index is 5.80. The number of nitrogens with zero attached hydrogens (tertiary/aromatic N) is 1. The van der Waals surface area contributed by atoms with Crippen LogP contribution in [0.15, 0.2) is 42.0 Å². The molecule has 0 bridgehead atoms. The number of likely N-dealkylation sites (tertiary alicyclic amines) is 1. The van der Waals surface area contributed by atoms with Crippen molar-refractivity contribution in [3.63, 3.8) is 0 Å². The fraction of sp³-hybridized carbons (Fsp3) is 0.565. The summed E-state index contributed by atoms with van der Waals surface area (Å²) in [6.45, 7) is 8.21. The summed E-state index contributed by atoms with van der Waals surface area (Å²) in [5.41, 5.74) is 9.72. The topological polar surface area (TPSA) is 41.3 Å². The van der Waals surface area contributed by atoms with Gasteiger partial charge >= 0.3 is 0 Å². The van der Waals surface area contributed by atoms with E-state index in [9.17, 15) is 0 Å². The van der Waals surface area contributed by atoms with Crippen molar-refractivity contribution in [3.8, 4) is 0 Å².